The number of nitro benzene ring substituents is 1. The van der Waals surface area contributed by atoms with Crippen LogP contribution in [0.2, 0.25) is 0 Å². The van der Waals surface area contributed by atoms with Crippen molar-refractivity contribution in [2.75, 3.05) is 12.4 Å². The van der Waals surface area contributed by atoms with Crippen LogP contribution in [0.1, 0.15) is 12.7 Å². The van der Waals surface area contributed by atoms with Gasteiger partial charge in [0.15, 0.2) is 0 Å². The highest BCUT2D eigenvalue weighted by Gasteiger charge is 2.07. The molecule has 1 N–H and O–H groups in total. The number of nitro groups is 1. The molecule has 0 bridgehead atoms. The average molecular weight is 274 g/mol. The molecule has 0 aliphatic carbocycles. The summed E-state index contributed by atoms with van der Waals surface area (Å²) in [6.45, 7) is 1.95. The third-order valence-electron chi connectivity index (χ3n) is 2.59. The van der Waals surface area contributed by atoms with Gasteiger partial charge in [-0.15, -0.1) is 0 Å². The van der Waals surface area contributed by atoms with Gasteiger partial charge in [0.25, 0.3) is 5.69 Å². The van der Waals surface area contributed by atoms with Gasteiger partial charge in [-0.2, -0.15) is 4.98 Å². The van der Waals surface area contributed by atoms with E-state index in [2.05, 4.69) is 15.3 Å². The molecule has 1 aromatic heterocycles. The van der Waals surface area contributed by atoms with Crippen LogP contribution < -0.4 is 10.1 Å². The fourth-order valence-corrected chi connectivity index (χ4v) is 1.57. The number of aromatic nitrogens is 2. The van der Waals surface area contributed by atoms with Crippen molar-refractivity contribution in [1.29, 1.82) is 0 Å². The summed E-state index contributed by atoms with van der Waals surface area (Å²) in [6.07, 6.45) is 0.687. The van der Waals surface area contributed by atoms with Crippen LogP contribution in [0.25, 0.3) is 0 Å². The topological polar surface area (TPSA) is 90.2 Å². The lowest BCUT2D eigenvalue weighted by atomic mass is 10.3. The maximum atomic E-state index is 10.6. The van der Waals surface area contributed by atoms with Gasteiger partial charge in [0, 0.05) is 31.7 Å². The molecule has 0 aliphatic rings. The van der Waals surface area contributed by atoms with Gasteiger partial charge in [-0.25, -0.2) is 4.98 Å². The quantitative estimate of drug-likeness (QED) is 0.666. The zero-order valence-corrected chi connectivity index (χ0v) is 11.2. The van der Waals surface area contributed by atoms with E-state index in [-0.39, 0.29) is 5.69 Å². The molecular weight excluding hydrogens is 260 g/mol. The monoisotopic (exact) mass is 274 g/mol. The first-order chi connectivity index (χ1) is 9.62. The minimum absolute atomic E-state index is 0.0187. The Morgan fingerprint density at radius 3 is 2.55 bits per heavy atom. The third kappa shape index (κ3) is 3.19. The fraction of sp³-hybridized carbons (Fsp3) is 0.231. The first-order valence-electron chi connectivity index (χ1n) is 6.10. The molecule has 1 aromatic carbocycles. The van der Waals surface area contributed by atoms with E-state index in [9.17, 15) is 10.1 Å². The molecule has 0 fully saturated rings. The highest BCUT2D eigenvalue weighted by Crippen LogP contribution is 2.23. The number of hydrogen-bond donors (Lipinski definition) is 1. The Morgan fingerprint density at radius 1 is 1.30 bits per heavy atom. The summed E-state index contributed by atoms with van der Waals surface area (Å²) in [5, 5.41) is 13.5. The van der Waals surface area contributed by atoms with E-state index in [0.29, 0.717) is 29.7 Å². The molecule has 7 nitrogen and oxygen atoms in total. The molecule has 2 aromatic rings. The van der Waals surface area contributed by atoms with E-state index < -0.39 is 4.92 Å². The molecule has 7 heteroatoms. The molecule has 0 radical (unpaired) electrons. The van der Waals surface area contributed by atoms with Crippen molar-refractivity contribution >= 4 is 11.5 Å². The smallest absolute Gasteiger partial charge is 0.269 e. The van der Waals surface area contributed by atoms with Crippen molar-refractivity contribution in [1.82, 2.24) is 9.97 Å². The number of aryl methyl sites for hydroxylation is 1. The maximum Gasteiger partial charge on any atom is 0.269 e. The van der Waals surface area contributed by atoms with Crippen molar-refractivity contribution in [2.45, 2.75) is 13.3 Å². The van der Waals surface area contributed by atoms with E-state index in [0.717, 1.165) is 0 Å². The zero-order valence-electron chi connectivity index (χ0n) is 11.2. The van der Waals surface area contributed by atoms with Crippen LogP contribution in [-0.4, -0.2) is 21.9 Å². The summed E-state index contributed by atoms with van der Waals surface area (Å²) >= 11 is 0. The van der Waals surface area contributed by atoms with Gasteiger partial charge in [-0.3, -0.25) is 10.1 Å². The van der Waals surface area contributed by atoms with Crippen LogP contribution in [0.4, 0.5) is 11.5 Å². The number of nitrogens with one attached hydrogen (secondary N) is 1. The number of benzene rings is 1. The molecule has 0 saturated carbocycles. The Labute approximate surface area is 115 Å². The molecule has 0 saturated heterocycles. The van der Waals surface area contributed by atoms with Crippen molar-refractivity contribution < 1.29 is 9.66 Å². The van der Waals surface area contributed by atoms with Gasteiger partial charge in [0.05, 0.1) is 4.92 Å². The highest BCUT2D eigenvalue weighted by molar-refractivity contribution is 5.41. The largest absolute Gasteiger partial charge is 0.439 e. The van der Waals surface area contributed by atoms with Gasteiger partial charge in [0.1, 0.15) is 17.4 Å². The average Bonchev–Trinajstić information content (AvgIpc) is 2.47. The van der Waals surface area contributed by atoms with Crippen molar-refractivity contribution in [2.24, 2.45) is 0 Å². The van der Waals surface area contributed by atoms with E-state index in [4.69, 9.17) is 4.74 Å². The van der Waals surface area contributed by atoms with E-state index in [1.54, 1.807) is 13.1 Å². The van der Waals surface area contributed by atoms with Crippen LogP contribution in [0.3, 0.4) is 0 Å². The Balaban J connectivity index is 2.22. The second-order valence-corrected chi connectivity index (χ2v) is 3.96. The molecule has 1 heterocycles. The summed E-state index contributed by atoms with van der Waals surface area (Å²) in [4.78, 5) is 18.6. The normalized spacial score (nSPS) is 10.1. The first kappa shape index (κ1) is 13.7. The lowest BCUT2D eigenvalue weighted by Gasteiger charge is -2.08. The first-order valence-corrected chi connectivity index (χ1v) is 6.10. The molecule has 0 atom stereocenters. The minimum Gasteiger partial charge on any atom is -0.439 e. The van der Waals surface area contributed by atoms with Crippen LogP contribution in [0.5, 0.6) is 11.6 Å². The van der Waals surface area contributed by atoms with Gasteiger partial charge >= 0.3 is 0 Å². The number of hydrogen-bond acceptors (Lipinski definition) is 6. The molecule has 0 unspecified atom stereocenters. The molecule has 20 heavy (non-hydrogen) atoms. The van der Waals surface area contributed by atoms with Crippen LogP contribution in [-0.2, 0) is 6.42 Å². The van der Waals surface area contributed by atoms with E-state index in [1.807, 2.05) is 6.92 Å². The molecule has 0 spiro atoms. The molecule has 0 aliphatic heterocycles. The minimum atomic E-state index is -0.456. The predicted molar refractivity (Wildman–Crippen MR) is 74.1 cm³/mol. The highest BCUT2D eigenvalue weighted by atomic mass is 16.6. The van der Waals surface area contributed by atoms with Crippen LogP contribution >= 0.6 is 0 Å². The molecule has 0 amide bonds. The van der Waals surface area contributed by atoms with E-state index >= 15 is 0 Å². The van der Waals surface area contributed by atoms with Gasteiger partial charge < -0.3 is 10.1 Å². The van der Waals surface area contributed by atoms with Gasteiger partial charge in [0.2, 0.25) is 5.88 Å². The lowest BCUT2D eigenvalue weighted by Crippen LogP contribution is -2.01. The Hall–Kier alpha value is -2.70. The molecular formula is C13H14N4O3. The van der Waals surface area contributed by atoms with Crippen LogP contribution in [0, 0.1) is 10.1 Å². The lowest BCUT2D eigenvalue weighted by molar-refractivity contribution is -0.384. The fourth-order valence-electron chi connectivity index (χ4n) is 1.57. The van der Waals surface area contributed by atoms with Crippen molar-refractivity contribution in [3.8, 4) is 11.6 Å². The SMILES string of the molecule is CCc1nc(NC)cc(Oc2ccc([N+](=O)[O-])cc2)n1. The summed E-state index contributed by atoms with van der Waals surface area (Å²) in [7, 11) is 1.76. The standard InChI is InChI=1S/C13H14N4O3/c1-3-11-15-12(14-2)8-13(16-11)20-10-6-4-9(5-7-10)17(18)19/h4-8H,3H2,1-2H3,(H,14,15,16). The van der Waals surface area contributed by atoms with Crippen molar-refractivity contribution in [3.05, 3.63) is 46.3 Å². The Kier molecular flexibility index (Phi) is 4.09. The summed E-state index contributed by atoms with van der Waals surface area (Å²) in [5.74, 6) is 2.20. The number of nitrogens with zero attached hydrogens (tertiary/aromatic N) is 3. The molecule has 2 rings (SSSR count). The second kappa shape index (κ2) is 5.96. The summed E-state index contributed by atoms with van der Waals surface area (Å²) in [5.41, 5.74) is 0.0187. The zero-order chi connectivity index (χ0) is 14.5. The Bertz CT molecular complexity index is 591. The summed E-state index contributed by atoms with van der Waals surface area (Å²) < 4.78 is 5.58. The number of anilines is 1. The third-order valence-corrected chi connectivity index (χ3v) is 2.59. The number of rotatable bonds is 5. The second-order valence-electron chi connectivity index (χ2n) is 3.96. The Morgan fingerprint density at radius 2 is 2.00 bits per heavy atom. The van der Waals surface area contributed by atoms with Crippen molar-refractivity contribution in [3.63, 3.8) is 0 Å². The van der Waals surface area contributed by atoms with E-state index in [1.165, 1.54) is 24.3 Å². The molecule has 104 valence electrons. The summed E-state index contributed by atoms with van der Waals surface area (Å²) in [6, 6.07) is 7.50. The van der Waals surface area contributed by atoms with Gasteiger partial charge in [-0.1, -0.05) is 6.92 Å². The van der Waals surface area contributed by atoms with Gasteiger partial charge in [-0.05, 0) is 12.1 Å². The number of ether oxygens (including phenoxy) is 1. The number of non-ortho nitro benzene ring substituents is 1. The maximum absolute atomic E-state index is 10.6. The van der Waals surface area contributed by atoms with Crippen LogP contribution in [0.15, 0.2) is 30.3 Å². The predicted octanol–water partition coefficient (Wildman–Crippen LogP) is 2.78.